The Morgan fingerprint density at radius 2 is 2.25 bits per heavy atom. The first-order valence-corrected chi connectivity index (χ1v) is 8.48. The molecule has 2 aromatic rings. The fourth-order valence-electron chi connectivity index (χ4n) is 3.26. The van der Waals surface area contributed by atoms with E-state index >= 15 is 0 Å². The van der Waals surface area contributed by atoms with Crippen LogP contribution in [0.4, 0.5) is 0 Å². The number of hydrogen-bond acceptors (Lipinski definition) is 6. The maximum absolute atomic E-state index is 12.0. The lowest BCUT2D eigenvalue weighted by Gasteiger charge is -2.20. The number of nitrogens with zero attached hydrogens (tertiary/aromatic N) is 5. The van der Waals surface area contributed by atoms with Gasteiger partial charge in [-0.05, 0) is 39.2 Å². The van der Waals surface area contributed by atoms with E-state index in [2.05, 4.69) is 25.5 Å². The zero-order valence-corrected chi connectivity index (χ0v) is 14.0. The molecule has 1 N–H and O–H groups in total. The van der Waals surface area contributed by atoms with E-state index in [4.69, 9.17) is 4.52 Å². The third kappa shape index (κ3) is 3.06. The van der Waals surface area contributed by atoms with E-state index in [1.807, 2.05) is 24.9 Å². The summed E-state index contributed by atoms with van der Waals surface area (Å²) in [4.78, 5) is 18.7. The predicted octanol–water partition coefficient (Wildman–Crippen LogP) is 1.34. The molecule has 0 aromatic carbocycles. The molecule has 3 heterocycles. The highest BCUT2D eigenvalue weighted by Crippen LogP contribution is 2.32. The van der Waals surface area contributed by atoms with E-state index in [0.717, 1.165) is 44.5 Å². The summed E-state index contributed by atoms with van der Waals surface area (Å²) in [6.07, 6.45) is 6.17. The second-order valence-corrected chi connectivity index (χ2v) is 6.75. The molecule has 2 aromatic heterocycles. The topological polar surface area (TPSA) is 89.1 Å². The molecule has 1 atom stereocenters. The van der Waals surface area contributed by atoms with Crippen LogP contribution in [0.1, 0.15) is 59.5 Å². The minimum absolute atomic E-state index is 0.0691. The molecule has 24 heavy (non-hydrogen) atoms. The quantitative estimate of drug-likeness (QED) is 0.890. The van der Waals surface area contributed by atoms with E-state index in [1.165, 1.54) is 5.56 Å². The largest absolute Gasteiger partial charge is 0.346 e. The first-order chi connectivity index (χ1) is 11.6. The third-order valence-corrected chi connectivity index (χ3v) is 4.69. The van der Waals surface area contributed by atoms with Gasteiger partial charge in [-0.1, -0.05) is 5.16 Å². The Bertz CT molecular complexity index is 748. The number of amides is 1. The van der Waals surface area contributed by atoms with Crippen LogP contribution in [0, 0.1) is 6.92 Å². The Balaban J connectivity index is 1.47. The van der Waals surface area contributed by atoms with E-state index < -0.39 is 0 Å². The van der Waals surface area contributed by atoms with Crippen molar-refractivity contribution in [1.29, 1.82) is 0 Å². The van der Waals surface area contributed by atoms with E-state index in [0.29, 0.717) is 5.89 Å². The molecule has 0 spiro atoms. The molecule has 1 aliphatic heterocycles. The van der Waals surface area contributed by atoms with Crippen molar-refractivity contribution in [3.8, 4) is 0 Å². The average Bonchev–Trinajstić information content (AvgIpc) is 2.96. The molecular formula is C16H22N6O2. The maximum Gasteiger partial charge on any atom is 0.292 e. The highest BCUT2D eigenvalue weighted by molar-refractivity contribution is 5.90. The number of hydrogen-bond donors (Lipinski definition) is 1. The smallest absolute Gasteiger partial charge is 0.292 e. The van der Waals surface area contributed by atoms with Gasteiger partial charge in [0.25, 0.3) is 11.7 Å². The molecule has 1 aliphatic carbocycles. The number of aryl methyl sites for hydroxylation is 2. The summed E-state index contributed by atoms with van der Waals surface area (Å²) in [5, 5.41) is 11.1. The third-order valence-electron chi connectivity index (χ3n) is 4.69. The SMILES string of the molecule is Cc1nn(C)cc1CN1CCCC1c1nc(C(=O)NC2CC2)no1. The summed E-state index contributed by atoms with van der Waals surface area (Å²) in [6.45, 7) is 3.80. The van der Waals surface area contributed by atoms with E-state index in [1.54, 1.807) is 0 Å². The molecule has 128 valence electrons. The maximum atomic E-state index is 12.0. The van der Waals surface area contributed by atoms with Crippen molar-refractivity contribution in [2.75, 3.05) is 6.54 Å². The molecule has 0 radical (unpaired) electrons. The van der Waals surface area contributed by atoms with Gasteiger partial charge in [-0.25, -0.2) is 0 Å². The van der Waals surface area contributed by atoms with Crippen molar-refractivity contribution in [1.82, 2.24) is 30.1 Å². The second kappa shape index (κ2) is 6.01. The van der Waals surface area contributed by atoms with Gasteiger partial charge in [0.2, 0.25) is 5.89 Å². The average molecular weight is 330 g/mol. The van der Waals surface area contributed by atoms with Crippen molar-refractivity contribution in [3.63, 3.8) is 0 Å². The van der Waals surface area contributed by atoms with Gasteiger partial charge in [-0.3, -0.25) is 14.4 Å². The Labute approximate surface area is 140 Å². The second-order valence-electron chi connectivity index (χ2n) is 6.75. The van der Waals surface area contributed by atoms with Crippen molar-refractivity contribution < 1.29 is 9.32 Å². The minimum Gasteiger partial charge on any atom is -0.346 e. The molecule has 2 aliphatic rings. The van der Waals surface area contributed by atoms with Crippen molar-refractivity contribution in [2.24, 2.45) is 7.05 Å². The highest BCUT2D eigenvalue weighted by Gasteiger charge is 2.33. The summed E-state index contributed by atoms with van der Waals surface area (Å²) in [5.41, 5.74) is 2.24. The lowest BCUT2D eigenvalue weighted by Crippen LogP contribution is -2.27. The van der Waals surface area contributed by atoms with Crippen LogP contribution in [0.2, 0.25) is 0 Å². The van der Waals surface area contributed by atoms with Crippen molar-refractivity contribution in [2.45, 2.75) is 51.2 Å². The Morgan fingerprint density at radius 1 is 1.42 bits per heavy atom. The van der Waals surface area contributed by atoms with Crippen LogP contribution in [-0.4, -0.2) is 43.3 Å². The standard InChI is InChI=1S/C16H22N6O2/c1-10-11(8-21(2)19-10)9-22-7-3-4-13(22)16-18-14(20-24-16)15(23)17-12-5-6-12/h8,12-13H,3-7,9H2,1-2H3,(H,17,23). The number of rotatable bonds is 5. The van der Waals surface area contributed by atoms with Gasteiger partial charge in [0, 0.05) is 31.4 Å². The van der Waals surface area contributed by atoms with Gasteiger partial charge >= 0.3 is 0 Å². The molecule has 1 amide bonds. The van der Waals surface area contributed by atoms with Crippen LogP contribution in [0.3, 0.4) is 0 Å². The van der Waals surface area contributed by atoms with Gasteiger partial charge in [-0.15, -0.1) is 0 Å². The normalized spacial score (nSPS) is 21.3. The lowest BCUT2D eigenvalue weighted by molar-refractivity contribution is 0.0937. The molecule has 4 rings (SSSR count). The summed E-state index contributed by atoms with van der Waals surface area (Å²) in [7, 11) is 1.93. The molecule has 2 fully saturated rings. The zero-order valence-electron chi connectivity index (χ0n) is 14.0. The number of carbonyl (C=O) groups excluding carboxylic acids is 1. The molecular weight excluding hydrogens is 308 g/mol. The Hall–Kier alpha value is -2.22. The molecule has 0 bridgehead atoms. The van der Waals surface area contributed by atoms with Gasteiger partial charge in [-0.2, -0.15) is 10.1 Å². The minimum atomic E-state index is -0.236. The summed E-state index contributed by atoms with van der Waals surface area (Å²) in [5.74, 6) is 0.441. The van der Waals surface area contributed by atoms with Crippen molar-refractivity contribution in [3.05, 3.63) is 29.2 Å². The molecule has 8 heteroatoms. The summed E-state index contributed by atoms with van der Waals surface area (Å²) >= 11 is 0. The Kier molecular flexibility index (Phi) is 3.84. The van der Waals surface area contributed by atoms with Crippen LogP contribution in [0.15, 0.2) is 10.7 Å². The van der Waals surface area contributed by atoms with Crippen LogP contribution in [-0.2, 0) is 13.6 Å². The summed E-state index contributed by atoms with van der Waals surface area (Å²) in [6, 6.07) is 0.357. The first-order valence-electron chi connectivity index (χ1n) is 8.48. The van der Waals surface area contributed by atoms with E-state index in [-0.39, 0.29) is 23.8 Å². The first kappa shape index (κ1) is 15.3. The highest BCUT2D eigenvalue weighted by atomic mass is 16.5. The summed E-state index contributed by atoms with van der Waals surface area (Å²) < 4.78 is 7.23. The monoisotopic (exact) mass is 330 g/mol. The number of carbonyl (C=O) groups is 1. The number of nitrogens with one attached hydrogen (secondary N) is 1. The zero-order chi connectivity index (χ0) is 16.7. The van der Waals surface area contributed by atoms with Crippen molar-refractivity contribution >= 4 is 5.91 Å². The molecule has 1 saturated carbocycles. The lowest BCUT2D eigenvalue weighted by atomic mass is 10.2. The van der Waals surface area contributed by atoms with Crippen LogP contribution >= 0.6 is 0 Å². The predicted molar refractivity (Wildman–Crippen MR) is 85.1 cm³/mol. The molecule has 1 saturated heterocycles. The van der Waals surface area contributed by atoms with Gasteiger partial charge < -0.3 is 9.84 Å². The van der Waals surface area contributed by atoms with Gasteiger partial charge in [0.15, 0.2) is 0 Å². The van der Waals surface area contributed by atoms with Gasteiger partial charge in [0.1, 0.15) is 0 Å². The van der Waals surface area contributed by atoms with Crippen LogP contribution in [0.5, 0.6) is 0 Å². The van der Waals surface area contributed by atoms with E-state index in [9.17, 15) is 4.79 Å². The molecule has 8 nitrogen and oxygen atoms in total. The number of likely N-dealkylation sites (tertiary alicyclic amines) is 1. The van der Waals surface area contributed by atoms with Crippen LogP contribution in [0.25, 0.3) is 0 Å². The Morgan fingerprint density at radius 3 is 2.96 bits per heavy atom. The number of aromatic nitrogens is 4. The molecule has 1 unspecified atom stereocenters. The van der Waals surface area contributed by atoms with Gasteiger partial charge in [0.05, 0.1) is 11.7 Å². The fraction of sp³-hybridized carbons (Fsp3) is 0.625. The fourth-order valence-corrected chi connectivity index (χ4v) is 3.26. The van der Waals surface area contributed by atoms with Crippen LogP contribution < -0.4 is 5.32 Å².